The van der Waals surface area contributed by atoms with Crippen molar-refractivity contribution in [1.82, 2.24) is 20.2 Å². The number of aromatic amines is 1. The molecule has 0 aliphatic carbocycles. The Bertz CT molecular complexity index is 523. The van der Waals surface area contributed by atoms with E-state index in [0.29, 0.717) is 30.0 Å². The molecule has 2 rings (SSSR count). The van der Waals surface area contributed by atoms with E-state index < -0.39 is 0 Å². The lowest BCUT2D eigenvalue weighted by atomic mass is 10.1. The van der Waals surface area contributed by atoms with Gasteiger partial charge in [0, 0.05) is 6.54 Å². The first-order valence-electron chi connectivity index (χ1n) is 6.78. The largest absolute Gasteiger partial charge is 0.477 e. The van der Waals surface area contributed by atoms with Crippen molar-refractivity contribution in [3.8, 4) is 5.88 Å². The van der Waals surface area contributed by atoms with Crippen LogP contribution in [0.4, 0.5) is 5.95 Å². The zero-order valence-corrected chi connectivity index (χ0v) is 11.7. The van der Waals surface area contributed by atoms with Gasteiger partial charge in [0.2, 0.25) is 11.8 Å². The van der Waals surface area contributed by atoms with Crippen molar-refractivity contribution in [2.24, 2.45) is 5.92 Å². The second-order valence-electron chi connectivity index (χ2n) is 4.94. The van der Waals surface area contributed by atoms with Gasteiger partial charge < -0.3 is 10.1 Å². The van der Waals surface area contributed by atoms with Crippen molar-refractivity contribution >= 4 is 17.0 Å². The first-order valence-corrected chi connectivity index (χ1v) is 6.78. The lowest BCUT2D eigenvalue weighted by molar-refractivity contribution is 0.283. The number of H-pyrrole nitrogens is 1. The van der Waals surface area contributed by atoms with Gasteiger partial charge in [-0.2, -0.15) is 15.1 Å². The van der Waals surface area contributed by atoms with Gasteiger partial charge >= 0.3 is 0 Å². The smallest absolute Gasteiger partial charge is 0.229 e. The van der Waals surface area contributed by atoms with Crippen LogP contribution in [0.2, 0.25) is 0 Å². The maximum absolute atomic E-state index is 5.76. The molecule has 0 atom stereocenters. The van der Waals surface area contributed by atoms with Crippen LogP contribution in [-0.2, 0) is 0 Å². The number of anilines is 1. The highest BCUT2D eigenvalue weighted by atomic mass is 16.5. The predicted octanol–water partition coefficient (Wildman–Crippen LogP) is 2.60. The third-order valence-corrected chi connectivity index (χ3v) is 2.74. The lowest BCUT2D eigenvalue weighted by Crippen LogP contribution is -2.08. The first kappa shape index (κ1) is 13.6. The summed E-state index contributed by atoms with van der Waals surface area (Å²) >= 11 is 0. The molecule has 0 radical (unpaired) electrons. The Morgan fingerprint density at radius 2 is 2.21 bits per heavy atom. The lowest BCUT2D eigenvalue weighted by Gasteiger charge is -2.09. The minimum absolute atomic E-state index is 0.582. The van der Waals surface area contributed by atoms with E-state index in [1.54, 1.807) is 6.20 Å². The highest BCUT2D eigenvalue weighted by Crippen LogP contribution is 2.22. The monoisotopic (exact) mass is 263 g/mol. The predicted molar refractivity (Wildman–Crippen MR) is 75.4 cm³/mol. The second kappa shape index (κ2) is 6.36. The number of hydrogen-bond donors (Lipinski definition) is 2. The van der Waals surface area contributed by atoms with Gasteiger partial charge in [-0.3, -0.25) is 5.10 Å². The molecule has 2 N–H and O–H groups in total. The van der Waals surface area contributed by atoms with Crippen LogP contribution in [-0.4, -0.2) is 33.3 Å². The molecule has 0 aliphatic heterocycles. The molecular formula is C13H21N5O. The van der Waals surface area contributed by atoms with Gasteiger partial charge in [0.1, 0.15) is 5.39 Å². The van der Waals surface area contributed by atoms with Gasteiger partial charge in [0.05, 0.1) is 12.8 Å². The van der Waals surface area contributed by atoms with Gasteiger partial charge in [-0.25, -0.2) is 0 Å². The van der Waals surface area contributed by atoms with E-state index in [0.717, 1.165) is 24.8 Å². The van der Waals surface area contributed by atoms with Crippen LogP contribution in [0.5, 0.6) is 5.88 Å². The van der Waals surface area contributed by atoms with Gasteiger partial charge in [-0.05, 0) is 18.8 Å². The number of ether oxygens (including phenoxy) is 1. The summed E-state index contributed by atoms with van der Waals surface area (Å²) in [6, 6.07) is 0. The first-order chi connectivity index (χ1) is 9.20. The molecule has 0 aliphatic rings. The van der Waals surface area contributed by atoms with Crippen molar-refractivity contribution in [2.45, 2.75) is 33.6 Å². The summed E-state index contributed by atoms with van der Waals surface area (Å²) in [5, 5.41) is 10.8. The summed E-state index contributed by atoms with van der Waals surface area (Å²) in [5.74, 6) is 1.79. The summed E-state index contributed by atoms with van der Waals surface area (Å²) in [5.41, 5.74) is 0.702. The fourth-order valence-electron chi connectivity index (χ4n) is 1.63. The SMILES string of the molecule is CCCNc1nc(OCCC(C)C)c2cn[nH]c2n1. The van der Waals surface area contributed by atoms with Gasteiger partial charge in [-0.1, -0.05) is 20.8 Å². The Balaban J connectivity index is 2.16. The molecule has 2 heterocycles. The molecule has 6 nitrogen and oxygen atoms in total. The zero-order valence-electron chi connectivity index (χ0n) is 11.7. The fourth-order valence-corrected chi connectivity index (χ4v) is 1.63. The molecule has 2 aromatic heterocycles. The Morgan fingerprint density at radius 1 is 1.37 bits per heavy atom. The Labute approximate surface area is 113 Å². The number of aromatic nitrogens is 4. The van der Waals surface area contributed by atoms with Crippen LogP contribution in [0.25, 0.3) is 11.0 Å². The fraction of sp³-hybridized carbons (Fsp3) is 0.615. The molecule has 6 heteroatoms. The molecule has 0 aromatic carbocycles. The summed E-state index contributed by atoms with van der Waals surface area (Å²) in [6.07, 6.45) is 3.72. The molecule has 0 saturated carbocycles. The van der Waals surface area contributed by atoms with E-state index in [-0.39, 0.29) is 0 Å². The van der Waals surface area contributed by atoms with Crippen LogP contribution >= 0.6 is 0 Å². The molecular weight excluding hydrogens is 242 g/mol. The quantitative estimate of drug-likeness (QED) is 0.803. The molecule has 0 unspecified atom stereocenters. The van der Waals surface area contributed by atoms with E-state index in [1.165, 1.54) is 0 Å². The van der Waals surface area contributed by atoms with Crippen molar-refractivity contribution in [1.29, 1.82) is 0 Å². The summed E-state index contributed by atoms with van der Waals surface area (Å²) in [7, 11) is 0. The maximum atomic E-state index is 5.76. The number of rotatable bonds is 7. The van der Waals surface area contributed by atoms with E-state index >= 15 is 0 Å². The van der Waals surface area contributed by atoms with Gasteiger partial charge in [0.25, 0.3) is 0 Å². The summed E-state index contributed by atoms with van der Waals surface area (Å²) < 4.78 is 5.76. The third-order valence-electron chi connectivity index (χ3n) is 2.74. The van der Waals surface area contributed by atoms with Crippen molar-refractivity contribution in [3.05, 3.63) is 6.20 Å². The van der Waals surface area contributed by atoms with E-state index in [4.69, 9.17) is 4.74 Å². The second-order valence-corrected chi connectivity index (χ2v) is 4.94. The van der Waals surface area contributed by atoms with E-state index in [9.17, 15) is 0 Å². The molecule has 2 aromatic rings. The summed E-state index contributed by atoms with van der Waals surface area (Å²) in [6.45, 7) is 7.94. The molecule has 0 spiro atoms. The molecule has 104 valence electrons. The average Bonchev–Trinajstić information content (AvgIpc) is 2.84. The topological polar surface area (TPSA) is 75.7 Å². The molecule has 0 saturated heterocycles. The third kappa shape index (κ3) is 3.56. The zero-order chi connectivity index (χ0) is 13.7. The van der Waals surface area contributed by atoms with E-state index in [1.807, 2.05) is 0 Å². The highest BCUT2D eigenvalue weighted by molar-refractivity contribution is 5.80. The Kier molecular flexibility index (Phi) is 4.54. The number of hydrogen-bond acceptors (Lipinski definition) is 5. The minimum atomic E-state index is 0.582. The average molecular weight is 263 g/mol. The Hall–Kier alpha value is -1.85. The maximum Gasteiger partial charge on any atom is 0.229 e. The highest BCUT2D eigenvalue weighted by Gasteiger charge is 2.10. The van der Waals surface area contributed by atoms with Crippen molar-refractivity contribution in [3.63, 3.8) is 0 Å². The van der Waals surface area contributed by atoms with Crippen LogP contribution in [0, 0.1) is 5.92 Å². The van der Waals surface area contributed by atoms with Crippen LogP contribution in [0.15, 0.2) is 6.20 Å². The van der Waals surface area contributed by atoms with Gasteiger partial charge in [0.15, 0.2) is 5.65 Å². The molecule has 0 amide bonds. The van der Waals surface area contributed by atoms with Crippen LogP contribution in [0.1, 0.15) is 33.6 Å². The van der Waals surface area contributed by atoms with Crippen molar-refractivity contribution < 1.29 is 4.74 Å². The minimum Gasteiger partial charge on any atom is -0.477 e. The molecule has 0 bridgehead atoms. The molecule has 19 heavy (non-hydrogen) atoms. The standard InChI is InChI=1S/C13H21N5O/c1-4-6-14-13-16-11-10(8-15-18-11)12(17-13)19-7-5-9(2)3/h8-9H,4-7H2,1-3H3,(H2,14,15,16,17,18). The summed E-state index contributed by atoms with van der Waals surface area (Å²) in [4.78, 5) is 8.76. The number of nitrogens with one attached hydrogen (secondary N) is 2. The van der Waals surface area contributed by atoms with Crippen LogP contribution < -0.4 is 10.1 Å². The normalized spacial score (nSPS) is 11.2. The Morgan fingerprint density at radius 3 is 2.95 bits per heavy atom. The van der Waals surface area contributed by atoms with Gasteiger partial charge in [-0.15, -0.1) is 0 Å². The number of nitrogens with zero attached hydrogens (tertiary/aromatic N) is 3. The van der Waals surface area contributed by atoms with Crippen LogP contribution in [0.3, 0.4) is 0 Å². The van der Waals surface area contributed by atoms with Crippen molar-refractivity contribution in [2.75, 3.05) is 18.5 Å². The van der Waals surface area contributed by atoms with E-state index in [2.05, 4.69) is 46.3 Å². The molecule has 0 fully saturated rings. The number of fused-ring (bicyclic) bond motifs is 1.